The van der Waals surface area contributed by atoms with Crippen LogP contribution in [0.3, 0.4) is 0 Å². The van der Waals surface area contributed by atoms with E-state index in [-0.39, 0.29) is 12.3 Å². The average molecular weight is 399 g/mol. The molecule has 2 rings (SSSR count). The van der Waals surface area contributed by atoms with E-state index in [1.54, 1.807) is 20.8 Å². The topological polar surface area (TPSA) is 111 Å². The first-order valence-electron chi connectivity index (χ1n) is 8.35. The maximum absolute atomic E-state index is 13.3. The fourth-order valence-corrected chi connectivity index (χ4v) is 3.59. The highest BCUT2D eigenvalue weighted by atomic mass is 32.3. The molecule has 1 aliphatic rings. The number of hydrogen-bond donors (Lipinski definition) is 0. The van der Waals surface area contributed by atoms with E-state index in [1.165, 1.54) is 0 Å². The smallest absolute Gasteiger partial charge is 0.399 e. The summed E-state index contributed by atoms with van der Waals surface area (Å²) >= 11 is 0. The summed E-state index contributed by atoms with van der Waals surface area (Å²) in [7, 11) is -6.06. The van der Waals surface area contributed by atoms with Crippen molar-refractivity contribution in [2.24, 2.45) is 5.11 Å². The van der Waals surface area contributed by atoms with Crippen LogP contribution < -0.4 is 9.65 Å². The molecule has 1 aromatic carbocycles. The molecule has 0 atom stereocenters. The molecular formula is C16H23BFN3O5S. The Morgan fingerprint density at radius 3 is 2.07 bits per heavy atom. The third-order valence-electron chi connectivity index (χ3n) is 5.36. The van der Waals surface area contributed by atoms with E-state index in [1.807, 2.05) is 27.7 Å². The van der Waals surface area contributed by atoms with Crippen molar-refractivity contribution in [3.05, 3.63) is 32.7 Å². The zero-order valence-electron chi connectivity index (χ0n) is 16.5. The molecule has 27 heavy (non-hydrogen) atoms. The number of benzene rings is 1. The van der Waals surface area contributed by atoms with E-state index in [9.17, 15) is 12.3 Å². The van der Waals surface area contributed by atoms with Crippen molar-refractivity contribution in [3.63, 3.8) is 0 Å². The highest BCUT2D eigenvalue weighted by Crippen LogP contribution is 2.39. The van der Waals surface area contributed by atoms with Gasteiger partial charge in [0.05, 0.1) is 17.7 Å². The van der Waals surface area contributed by atoms with Gasteiger partial charge in [-0.15, -0.1) is 0 Å². The van der Waals surface area contributed by atoms with Gasteiger partial charge in [0, 0.05) is 4.91 Å². The second-order valence-electron chi connectivity index (χ2n) is 7.55. The van der Waals surface area contributed by atoms with Crippen LogP contribution in [0.1, 0.15) is 49.9 Å². The average Bonchev–Trinajstić information content (AvgIpc) is 2.70. The molecule has 0 saturated carbocycles. The lowest BCUT2D eigenvalue weighted by molar-refractivity contribution is 0.00578. The Morgan fingerprint density at radius 1 is 1.11 bits per heavy atom. The van der Waals surface area contributed by atoms with Gasteiger partial charge >= 0.3 is 17.6 Å². The number of azide groups is 1. The second-order valence-corrected chi connectivity index (χ2v) is 8.50. The Kier molecular flexibility index (Phi) is 5.55. The summed E-state index contributed by atoms with van der Waals surface area (Å²) in [5.74, 6) is -0.157. The molecule has 0 aromatic heterocycles. The molecule has 0 N–H and O–H groups in total. The van der Waals surface area contributed by atoms with Crippen molar-refractivity contribution in [1.82, 2.24) is 0 Å². The van der Waals surface area contributed by atoms with Gasteiger partial charge in [-0.2, -0.15) is 8.42 Å². The van der Waals surface area contributed by atoms with Gasteiger partial charge < -0.3 is 13.5 Å². The molecule has 0 bridgehead atoms. The molecule has 1 fully saturated rings. The first-order chi connectivity index (χ1) is 12.2. The van der Waals surface area contributed by atoms with Gasteiger partial charge in [-0.05, 0) is 81.7 Å². The minimum atomic E-state index is -5.24. The molecule has 1 aliphatic heterocycles. The van der Waals surface area contributed by atoms with Gasteiger partial charge in [-0.3, -0.25) is 0 Å². The Balaban J connectivity index is 2.73. The van der Waals surface area contributed by atoms with Crippen LogP contribution in [0.5, 0.6) is 5.75 Å². The fourth-order valence-electron chi connectivity index (χ4n) is 3.14. The SMILES string of the molecule is Cc1c(CN=[N+]=[N-])c(C)c(B2OC(C)(C)C(C)(C)O2)c(C)c1OS(=O)(=O)F. The normalized spacial score (nSPS) is 18.3. The van der Waals surface area contributed by atoms with Crippen LogP contribution >= 0.6 is 0 Å². The molecule has 148 valence electrons. The molecule has 0 spiro atoms. The van der Waals surface area contributed by atoms with Gasteiger partial charge in [0.25, 0.3) is 0 Å². The first kappa shape index (κ1) is 21.5. The third kappa shape index (κ3) is 4.06. The Morgan fingerprint density at radius 2 is 1.63 bits per heavy atom. The molecule has 0 amide bonds. The number of halogens is 1. The third-order valence-corrected chi connectivity index (χ3v) is 5.72. The van der Waals surface area contributed by atoms with E-state index in [0.29, 0.717) is 27.7 Å². The summed E-state index contributed by atoms with van der Waals surface area (Å²) in [6.07, 6.45) is 0. The van der Waals surface area contributed by atoms with Crippen LogP contribution in [-0.4, -0.2) is 26.7 Å². The van der Waals surface area contributed by atoms with Crippen molar-refractivity contribution in [2.75, 3.05) is 0 Å². The highest BCUT2D eigenvalue weighted by molar-refractivity contribution is 7.81. The molecule has 1 aromatic rings. The predicted molar refractivity (Wildman–Crippen MR) is 99.9 cm³/mol. The summed E-state index contributed by atoms with van der Waals surface area (Å²) < 4.78 is 52.3. The lowest BCUT2D eigenvalue weighted by atomic mass is 9.71. The van der Waals surface area contributed by atoms with Gasteiger partial charge in [0.15, 0.2) is 5.75 Å². The minimum Gasteiger partial charge on any atom is -0.399 e. The maximum Gasteiger partial charge on any atom is 0.495 e. The molecule has 0 radical (unpaired) electrons. The monoisotopic (exact) mass is 399 g/mol. The summed E-state index contributed by atoms with van der Waals surface area (Å²) in [6, 6.07) is 0. The summed E-state index contributed by atoms with van der Waals surface area (Å²) in [6.45, 7) is 12.5. The van der Waals surface area contributed by atoms with Gasteiger partial charge in [-0.1, -0.05) is 9.00 Å². The zero-order valence-corrected chi connectivity index (χ0v) is 17.3. The lowest BCUT2D eigenvalue weighted by Crippen LogP contribution is -2.41. The van der Waals surface area contributed by atoms with E-state index in [0.717, 1.165) is 0 Å². The van der Waals surface area contributed by atoms with E-state index >= 15 is 0 Å². The molecular weight excluding hydrogens is 376 g/mol. The first-order valence-corrected chi connectivity index (χ1v) is 9.66. The van der Waals surface area contributed by atoms with Crippen LogP contribution in [0.2, 0.25) is 0 Å². The number of hydrogen-bond acceptors (Lipinski definition) is 6. The predicted octanol–water partition coefficient (Wildman–Crippen LogP) is 3.31. The van der Waals surface area contributed by atoms with Crippen molar-refractivity contribution in [1.29, 1.82) is 0 Å². The van der Waals surface area contributed by atoms with Crippen LogP contribution in [-0.2, 0) is 26.4 Å². The molecule has 8 nitrogen and oxygen atoms in total. The Labute approximate surface area is 159 Å². The van der Waals surface area contributed by atoms with E-state index in [4.69, 9.17) is 14.8 Å². The van der Waals surface area contributed by atoms with E-state index in [2.05, 4.69) is 14.2 Å². The molecule has 1 heterocycles. The lowest BCUT2D eigenvalue weighted by Gasteiger charge is -2.32. The minimum absolute atomic E-state index is 0.0519. The van der Waals surface area contributed by atoms with Crippen LogP contribution in [0.25, 0.3) is 10.4 Å². The molecule has 0 aliphatic carbocycles. The standard InChI is InChI=1S/C16H23BFN3O5S/c1-9-12(8-20-21-19)10(2)14(24-27(18,22)23)11(3)13(9)17-25-15(4,5)16(6,7)26-17/h8H2,1-7H3. The maximum atomic E-state index is 13.3. The van der Waals surface area contributed by atoms with Crippen LogP contribution in [0, 0.1) is 20.8 Å². The van der Waals surface area contributed by atoms with Crippen molar-refractivity contribution in [2.45, 2.75) is 66.2 Å². The van der Waals surface area contributed by atoms with Crippen molar-refractivity contribution < 1.29 is 25.8 Å². The summed E-state index contributed by atoms with van der Waals surface area (Å²) in [5.41, 5.74) is 9.93. The molecule has 1 saturated heterocycles. The zero-order chi connectivity index (χ0) is 20.8. The van der Waals surface area contributed by atoms with Crippen LogP contribution in [0.15, 0.2) is 5.11 Å². The Bertz CT molecular complexity index is 911. The highest BCUT2D eigenvalue weighted by Gasteiger charge is 2.53. The molecule has 0 unspecified atom stereocenters. The second kappa shape index (κ2) is 6.98. The number of nitrogens with zero attached hydrogens (tertiary/aromatic N) is 3. The van der Waals surface area contributed by atoms with Gasteiger partial charge in [0.1, 0.15) is 0 Å². The van der Waals surface area contributed by atoms with Gasteiger partial charge in [0.2, 0.25) is 0 Å². The largest absolute Gasteiger partial charge is 0.495 e. The Hall–Kier alpha value is -1.81. The van der Waals surface area contributed by atoms with Crippen molar-refractivity contribution in [3.8, 4) is 5.75 Å². The quantitative estimate of drug-likeness (QED) is 0.248. The summed E-state index contributed by atoms with van der Waals surface area (Å²) in [4.78, 5) is 2.74. The van der Waals surface area contributed by atoms with Gasteiger partial charge in [-0.25, -0.2) is 0 Å². The summed E-state index contributed by atoms with van der Waals surface area (Å²) in [5, 5.41) is 3.56. The van der Waals surface area contributed by atoms with Crippen LogP contribution in [0.4, 0.5) is 3.89 Å². The van der Waals surface area contributed by atoms with E-state index < -0.39 is 28.8 Å². The fraction of sp³-hybridized carbons (Fsp3) is 0.625. The van der Waals surface area contributed by atoms with Crippen molar-refractivity contribution >= 4 is 23.1 Å². The number of rotatable bonds is 5. The molecule has 11 heteroatoms.